The molecule has 128 valence electrons. The molecule has 0 radical (unpaired) electrons. The molecule has 0 fully saturated rings. The summed E-state index contributed by atoms with van der Waals surface area (Å²) < 4.78 is 38.9. The van der Waals surface area contributed by atoms with E-state index in [1.54, 1.807) is 37.4 Å². The maximum Gasteiger partial charge on any atom is 0.261 e. The number of anilines is 1. The molecule has 1 aliphatic rings. The number of sulfonamides is 1. The second-order valence-electron chi connectivity index (χ2n) is 5.64. The third-order valence-electron chi connectivity index (χ3n) is 4.05. The predicted octanol–water partition coefficient (Wildman–Crippen LogP) is 4.00. The summed E-state index contributed by atoms with van der Waals surface area (Å²) in [6.45, 7) is 2.10. The lowest BCUT2D eigenvalue weighted by molar-refractivity contribution is 0.297. The van der Waals surface area contributed by atoms with Gasteiger partial charge in [0.1, 0.15) is 12.4 Å². The van der Waals surface area contributed by atoms with Crippen LogP contribution in [0.15, 0.2) is 52.0 Å². The van der Waals surface area contributed by atoms with Crippen LogP contribution >= 0.6 is 11.6 Å². The summed E-state index contributed by atoms with van der Waals surface area (Å²) in [5.74, 6) is 1.08. The highest BCUT2D eigenvalue weighted by molar-refractivity contribution is 7.92. The Balaban J connectivity index is 1.75. The fourth-order valence-electron chi connectivity index (χ4n) is 2.64. The van der Waals surface area contributed by atoms with Crippen molar-refractivity contribution in [2.75, 3.05) is 4.72 Å². The molecule has 0 saturated heterocycles. The third-order valence-corrected chi connectivity index (χ3v) is 5.82. The molecule has 0 saturated carbocycles. The zero-order chi connectivity index (χ0) is 17.6. The Morgan fingerprint density at radius 2 is 2.08 bits per heavy atom. The summed E-state index contributed by atoms with van der Waals surface area (Å²) >= 11 is 6.06. The average molecular weight is 377 g/mol. The topological polar surface area (TPSA) is 81.4 Å². The largest absolute Gasteiger partial charge is 0.488 e. The van der Waals surface area contributed by atoms with Gasteiger partial charge in [0, 0.05) is 5.02 Å². The van der Waals surface area contributed by atoms with Gasteiger partial charge in [0.15, 0.2) is 5.76 Å². The molecule has 0 unspecified atom stereocenters. The van der Waals surface area contributed by atoms with Crippen LogP contribution in [0.5, 0.6) is 5.75 Å². The van der Waals surface area contributed by atoms with Gasteiger partial charge in [-0.05, 0) is 42.8 Å². The number of rotatable bonds is 3. The quantitative estimate of drug-likeness (QED) is 0.747. The Hall–Kier alpha value is -2.51. The van der Waals surface area contributed by atoms with Crippen LogP contribution in [0.3, 0.4) is 0 Å². The minimum Gasteiger partial charge on any atom is -0.488 e. The first-order chi connectivity index (χ1) is 12.0. The minimum absolute atomic E-state index is 0.0958. The number of nitrogens with zero attached hydrogens (tertiary/aromatic N) is 1. The van der Waals surface area contributed by atoms with Crippen molar-refractivity contribution in [3.63, 3.8) is 0 Å². The van der Waals surface area contributed by atoms with Crippen molar-refractivity contribution in [3.8, 4) is 17.1 Å². The van der Waals surface area contributed by atoms with Crippen LogP contribution in [0.2, 0.25) is 5.02 Å². The maximum absolute atomic E-state index is 12.8. The van der Waals surface area contributed by atoms with Gasteiger partial charge in [-0.2, -0.15) is 0 Å². The van der Waals surface area contributed by atoms with Crippen LogP contribution in [-0.4, -0.2) is 13.6 Å². The van der Waals surface area contributed by atoms with E-state index in [4.69, 9.17) is 20.9 Å². The van der Waals surface area contributed by atoms with E-state index in [0.717, 1.165) is 5.56 Å². The van der Waals surface area contributed by atoms with Crippen molar-refractivity contribution >= 4 is 27.3 Å². The second kappa shape index (κ2) is 5.79. The van der Waals surface area contributed by atoms with E-state index in [-0.39, 0.29) is 4.90 Å². The predicted molar refractivity (Wildman–Crippen MR) is 93.3 cm³/mol. The number of hydrogen-bond donors (Lipinski definition) is 1. The van der Waals surface area contributed by atoms with E-state index >= 15 is 0 Å². The molecule has 0 aliphatic carbocycles. The molecule has 1 N–H and O–H groups in total. The molecule has 1 aliphatic heterocycles. The maximum atomic E-state index is 12.8. The lowest BCUT2D eigenvalue weighted by atomic mass is 10.1. The van der Waals surface area contributed by atoms with Gasteiger partial charge in [0.2, 0.25) is 0 Å². The van der Waals surface area contributed by atoms with E-state index in [2.05, 4.69) is 9.88 Å². The van der Waals surface area contributed by atoms with Crippen molar-refractivity contribution in [1.29, 1.82) is 0 Å². The monoisotopic (exact) mass is 376 g/mol. The van der Waals surface area contributed by atoms with Crippen molar-refractivity contribution in [1.82, 2.24) is 5.16 Å². The van der Waals surface area contributed by atoms with E-state index < -0.39 is 10.0 Å². The normalized spacial score (nSPS) is 12.9. The van der Waals surface area contributed by atoms with Gasteiger partial charge in [-0.15, -0.1) is 0 Å². The van der Waals surface area contributed by atoms with Crippen LogP contribution in [-0.2, 0) is 16.6 Å². The smallest absolute Gasteiger partial charge is 0.261 e. The molecular weight excluding hydrogens is 364 g/mol. The van der Waals surface area contributed by atoms with Crippen molar-refractivity contribution < 1.29 is 17.7 Å². The zero-order valence-electron chi connectivity index (χ0n) is 13.1. The molecule has 8 heteroatoms. The SMILES string of the molecule is Cc1c(Cl)cccc1NS(=O)(=O)c1ccc2c(c1)-c1oncc1CO2. The van der Waals surface area contributed by atoms with Crippen LogP contribution in [0, 0.1) is 6.92 Å². The molecule has 0 bridgehead atoms. The second-order valence-corrected chi connectivity index (χ2v) is 7.73. The molecule has 4 rings (SSSR count). The van der Waals surface area contributed by atoms with Gasteiger partial charge < -0.3 is 9.26 Å². The molecule has 0 amide bonds. The van der Waals surface area contributed by atoms with Crippen LogP contribution < -0.4 is 9.46 Å². The average Bonchev–Trinajstić information content (AvgIpc) is 3.07. The molecule has 6 nitrogen and oxygen atoms in total. The summed E-state index contributed by atoms with van der Waals surface area (Å²) in [5.41, 5.74) is 2.43. The molecule has 2 aromatic carbocycles. The number of ether oxygens (including phenoxy) is 1. The molecule has 25 heavy (non-hydrogen) atoms. The highest BCUT2D eigenvalue weighted by Crippen LogP contribution is 2.39. The van der Waals surface area contributed by atoms with Crippen LogP contribution in [0.25, 0.3) is 11.3 Å². The van der Waals surface area contributed by atoms with Crippen molar-refractivity contribution in [2.45, 2.75) is 18.4 Å². The van der Waals surface area contributed by atoms with Gasteiger partial charge in [0.05, 0.1) is 27.9 Å². The first kappa shape index (κ1) is 16.0. The first-order valence-corrected chi connectivity index (χ1v) is 9.30. The Bertz CT molecular complexity index is 1080. The van der Waals surface area contributed by atoms with Crippen molar-refractivity contribution in [3.05, 3.63) is 58.7 Å². The van der Waals surface area contributed by atoms with Crippen LogP contribution in [0.4, 0.5) is 5.69 Å². The summed E-state index contributed by atoms with van der Waals surface area (Å²) in [7, 11) is -3.80. The lowest BCUT2D eigenvalue weighted by Gasteiger charge is -2.17. The minimum atomic E-state index is -3.80. The lowest BCUT2D eigenvalue weighted by Crippen LogP contribution is -2.14. The number of hydrogen-bond acceptors (Lipinski definition) is 5. The zero-order valence-corrected chi connectivity index (χ0v) is 14.7. The molecule has 0 atom stereocenters. The first-order valence-electron chi connectivity index (χ1n) is 7.44. The number of nitrogens with one attached hydrogen (secondary N) is 1. The molecule has 2 heterocycles. The molecule has 3 aromatic rings. The third kappa shape index (κ3) is 2.75. The number of benzene rings is 2. The fourth-order valence-corrected chi connectivity index (χ4v) is 3.96. The molecule has 0 spiro atoms. The Kier molecular flexibility index (Phi) is 3.70. The Morgan fingerprint density at radius 3 is 2.92 bits per heavy atom. The van der Waals surface area contributed by atoms with Gasteiger partial charge in [-0.1, -0.05) is 22.8 Å². The molecular formula is C17H13ClN2O4S. The van der Waals surface area contributed by atoms with Gasteiger partial charge in [-0.3, -0.25) is 4.72 Å². The highest BCUT2D eigenvalue weighted by Gasteiger charge is 2.25. The van der Waals surface area contributed by atoms with Gasteiger partial charge >= 0.3 is 0 Å². The van der Waals surface area contributed by atoms with E-state index in [1.807, 2.05) is 0 Å². The highest BCUT2D eigenvalue weighted by atomic mass is 35.5. The fraction of sp³-hybridized carbons (Fsp3) is 0.118. The van der Waals surface area contributed by atoms with E-state index in [1.165, 1.54) is 12.1 Å². The standard InChI is InChI=1S/C17H13ClN2O4S/c1-10-14(18)3-2-4-15(10)20-25(21,22)12-5-6-16-13(7-12)17-11(9-23-16)8-19-24-17/h2-8,20H,9H2,1H3. The van der Waals surface area contributed by atoms with Gasteiger partial charge in [-0.25, -0.2) is 8.42 Å². The Labute approximate surface area is 149 Å². The Morgan fingerprint density at radius 1 is 1.24 bits per heavy atom. The number of aromatic nitrogens is 1. The summed E-state index contributed by atoms with van der Waals surface area (Å²) in [6.07, 6.45) is 1.56. The molecule has 1 aromatic heterocycles. The van der Waals surface area contributed by atoms with E-state index in [0.29, 0.717) is 40.0 Å². The van der Waals surface area contributed by atoms with E-state index in [9.17, 15) is 8.42 Å². The number of fused-ring (bicyclic) bond motifs is 3. The number of halogens is 1. The van der Waals surface area contributed by atoms with Crippen LogP contribution in [0.1, 0.15) is 11.1 Å². The summed E-state index contributed by atoms with van der Waals surface area (Å²) in [5, 5.41) is 4.24. The van der Waals surface area contributed by atoms with Gasteiger partial charge in [0.25, 0.3) is 10.0 Å². The summed E-state index contributed by atoms with van der Waals surface area (Å²) in [4.78, 5) is 0.0958. The van der Waals surface area contributed by atoms with Crippen molar-refractivity contribution in [2.24, 2.45) is 0 Å². The summed E-state index contributed by atoms with van der Waals surface area (Å²) in [6, 6.07) is 9.67.